The molecule has 3 heterocycles. The number of aliphatic hydroxyl groups excluding tert-OH is 3. The second kappa shape index (κ2) is 8.32. The number of aliphatic hydroxyl groups is 3. The summed E-state index contributed by atoms with van der Waals surface area (Å²) >= 11 is 0. The van der Waals surface area contributed by atoms with Gasteiger partial charge >= 0.3 is 5.97 Å². The van der Waals surface area contributed by atoms with E-state index in [1.165, 1.54) is 18.0 Å². The third-order valence-corrected chi connectivity index (χ3v) is 4.92. The molecule has 2 aromatic heterocycles. The molecule has 30 heavy (non-hydrogen) atoms. The number of carbonyl (C=O) groups is 1. The highest BCUT2D eigenvalue weighted by Crippen LogP contribution is 2.34. The van der Waals surface area contributed by atoms with Gasteiger partial charge in [-0.15, -0.1) is 0 Å². The maximum absolute atomic E-state index is 12.4. The van der Waals surface area contributed by atoms with Gasteiger partial charge in [0.25, 0.3) is 0 Å². The number of fused-ring (bicyclic) bond motifs is 1. The molecule has 1 aromatic carbocycles. The van der Waals surface area contributed by atoms with E-state index in [0.29, 0.717) is 12.4 Å². The average Bonchev–Trinajstić information content (AvgIpc) is 3.30. The fourth-order valence-corrected chi connectivity index (χ4v) is 3.39. The molecule has 0 bridgehead atoms. The van der Waals surface area contributed by atoms with E-state index in [2.05, 4.69) is 20.3 Å². The van der Waals surface area contributed by atoms with Gasteiger partial charge in [0, 0.05) is 6.54 Å². The predicted molar refractivity (Wildman–Crippen MR) is 103 cm³/mol. The first-order chi connectivity index (χ1) is 14.5. The highest BCUT2D eigenvalue weighted by Gasteiger charge is 2.45. The molecule has 158 valence electrons. The van der Waals surface area contributed by atoms with E-state index in [4.69, 9.17) is 9.47 Å². The second-order valence-electron chi connectivity index (χ2n) is 6.76. The number of hydrogen-bond acceptors (Lipinski definition) is 10. The Bertz CT molecular complexity index is 1040. The van der Waals surface area contributed by atoms with Crippen molar-refractivity contribution in [1.29, 1.82) is 0 Å². The van der Waals surface area contributed by atoms with Crippen LogP contribution < -0.4 is 5.32 Å². The van der Waals surface area contributed by atoms with E-state index in [9.17, 15) is 20.1 Å². The summed E-state index contributed by atoms with van der Waals surface area (Å²) in [4.78, 5) is 25.1. The number of nitrogens with zero attached hydrogens (tertiary/aromatic N) is 4. The fraction of sp³-hybridized carbons (Fsp3) is 0.368. The number of esters is 1. The fourth-order valence-electron chi connectivity index (χ4n) is 3.39. The Balaban J connectivity index is 1.77. The van der Waals surface area contributed by atoms with Gasteiger partial charge in [-0.25, -0.2) is 19.7 Å². The van der Waals surface area contributed by atoms with Crippen LogP contribution in [0.25, 0.3) is 11.2 Å². The molecule has 0 spiro atoms. The Kier molecular flexibility index (Phi) is 5.59. The van der Waals surface area contributed by atoms with E-state index in [1.54, 1.807) is 0 Å². The molecule has 0 saturated carbocycles. The number of nitrogens with one attached hydrogen (secondary N) is 1. The van der Waals surface area contributed by atoms with Gasteiger partial charge < -0.3 is 30.1 Å². The first-order valence-electron chi connectivity index (χ1n) is 9.26. The third-order valence-electron chi connectivity index (χ3n) is 4.92. The Morgan fingerprint density at radius 2 is 2.00 bits per heavy atom. The molecule has 4 N–H and O–H groups in total. The molecule has 0 aliphatic carbocycles. The molecular formula is C19H21N5O6. The van der Waals surface area contributed by atoms with Crippen LogP contribution >= 0.6 is 0 Å². The van der Waals surface area contributed by atoms with Crippen molar-refractivity contribution < 1.29 is 29.6 Å². The summed E-state index contributed by atoms with van der Waals surface area (Å²) in [6, 6.07) is 9.64. The van der Waals surface area contributed by atoms with E-state index in [-0.39, 0.29) is 17.0 Å². The van der Waals surface area contributed by atoms with Crippen LogP contribution in [0.2, 0.25) is 0 Å². The lowest BCUT2D eigenvalue weighted by atomic mass is 10.1. The van der Waals surface area contributed by atoms with Gasteiger partial charge in [-0.2, -0.15) is 0 Å². The zero-order valence-electron chi connectivity index (χ0n) is 16.0. The monoisotopic (exact) mass is 415 g/mol. The van der Waals surface area contributed by atoms with Crippen molar-refractivity contribution >= 4 is 23.0 Å². The molecular weight excluding hydrogens is 394 g/mol. The van der Waals surface area contributed by atoms with Crippen molar-refractivity contribution in [3.63, 3.8) is 0 Å². The number of methoxy groups -OCH3 is 1. The van der Waals surface area contributed by atoms with E-state index >= 15 is 0 Å². The summed E-state index contributed by atoms with van der Waals surface area (Å²) in [5.74, 6) is -0.579. The van der Waals surface area contributed by atoms with Gasteiger partial charge in [0.05, 0.1) is 13.7 Å². The molecule has 4 rings (SSSR count). The lowest BCUT2D eigenvalue weighted by molar-refractivity contribution is -0.0524. The van der Waals surface area contributed by atoms with Gasteiger partial charge in [0.2, 0.25) is 5.82 Å². The smallest absolute Gasteiger partial charge is 0.374 e. The van der Waals surface area contributed by atoms with Crippen molar-refractivity contribution in [3.05, 3.63) is 48.0 Å². The van der Waals surface area contributed by atoms with Gasteiger partial charge in [-0.3, -0.25) is 4.57 Å². The Labute approximate surface area is 170 Å². The van der Waals surface area contributed by atoms with Crippen LogP contribution in [-0.4, -0.2) is 72.8 Å². The minimum absolute atomic E-state index is 0.175. The summed E-state index contributed by atoms with van der Waals surface area (Å²) in [5.41, 5.74) is 1.49. The molecule has 1 fully saturated rings. The maximum Gasteiger partial charge on any atom is 0.374 e. The number of imidazole rings is 1. The maximum atomic E-state index is 12.4. The molecule has 1 aliphatic rings. The number of hydrogen-bond donors (Lipinski definition) is 4. The topological polar surface area (TPSA) is 152 Å². The number of rotatable bonds is 6. The predicted octanol–water partition coefficient (Wildman–Crippen LogP) is -0.164. The SMILES string of the molecule is COC(=O)c1nc2c(NCc3ccccc3)ncnc2n1[C@@H]1O[C@H](CO)[C@@H](O)[C@H]1O. The van der Waals surface area contributed by atoms with Gasteiger partial charge in [0.15, 0.2) is 23.2 Å². The zero-order valence-corrected chi connectivity index (χ0v) is 16.0. The van der Waals surface area contributed by atoms with Crippen LogP contribution in [0.3, 0.4) is 0 Å². The zero-order chi connectivity index (χ0) is 21.3. The molecule has 11 heteroatoms. The number of benzene rings is 1. The molecule has 0 unspecified atom stereocenters. The van der Waals surface area contributed by atoms with Crippen molar-refractivity contribution in [2.24, 2.45) is 0 Å². The molecule has 1 aliphatic heterocycles. The minimum Gasteiger partial charge on any atom is -0.463 e. The highest BCUT2D eigenvalue weighted by atomic mass is 16.6. The van der Waals surface area contributed by atoms with Crippen LogP contribution in [0.15, 0.2) is 36.7 Å². The number of aromatic nitrogens is 4. The quantitative estimate of drug-likeness (QED) is 0.400. The van der Waals surface area contributed by atoms with Gasteiger partial charge in [0.1, 0.15) is 24.6 Å². The van der Waals surface area contributed by atoms with Crippen LogP contribution in [0, 0.1) is 0 Å². The molecule has 0 radical (unpaired) electrons. The normalized spacial score (nSPS) is 23.6. The van der Waals surface area contributed by atoms with Crippen LogP contribution in [0.4, 0.5) is 5.82 Å². The first-order valence-corrected chi connectivity index (χ1v) is 9.26. The lowest BCUT2D eigenvalue weighted by Gasteiger charge is -2.18. The van der Waals surface area contributed by atoms with Crippen molar-refractivity contribution in [2.75, 3.05) is 19.0 Å². The third kappa shape index (κ3) is 3.48. The number of carbonyl (C=O) groups excluding carboxylic acids is 1. The van der Waals surface area contributed by atoms with Crippen LogP contribution in [-0.2, 0) is 16.0 Å². The second-order valence-corrected chi connectivity index (χ2v) is 6.76. The van der Waals surface area contributed by atoms with Crippen molar-refractivity contribution in [2.45, 2.75) is 31.1 Å². The van der Waals surface area contributed by atoms with E-state index in [1.807, 2.05) is 30.3 Å². The summed E-state index contributed by atoms with van der Waals surface area (Å²) in [6.07, 6.45) is -3.70. The van der Waals surface area contributed by atoms with Crippen molar-refractivity contribution in [1.82, 2.24) is 19.5 Å². The summed E-state index contributed by atoms with van der Waals surface area (Å²) < 4.78 is 11.6. The first kappa shape index (κ1) is 20.2. The summed E-state index contributed by atoms with van der Waals surface area (Å²) in [6.45, 7) is -0.0466. The molecule has 3 aromatic rings. The molecule has 0 amide bonds. The average molecular weight is 415 g/mol. The Morgan fingerprint density at radius 1 is 1.23 bits per heavy atom. The summed E-state index contributed by atoms with van der Waals surface area (Å²) in [5, 5.41) is 33.1. The van der Waals surface area contributed by atoms with Gasteiger partial charge in [-0.1, -0.05) is 30.3 Å². The summed E-state index contributed by atoms with van der Waals surface area (Å²) in [7, 11) is 1.20. The molecule has 11 nitrogen and oxygen atoms in total. The molecule has 4 atom stereocenters. The van der Waals surface area contributed by atoms with Crippen molar-refractivity contribution in [3.8, 4) is 0 Å². The molecule has 1 saturated heterocycles. The van der Waals surface area contributed by atoms with E-state index in [0.717, 1.165) is 5.56 Å². The van der Waals surface area contributed by atoms with E-state index < -0.39 is 37.1 Å². The van der Waals surface area contributed by atoms with Crippen LogP contribution in [0.5, 0.6) is 0 Å². The number of anilines is 1. The Hall–Kier alpha value is -3.12. The van der Waals surface area contributed by atoms with Crippen LogP contribution in [0.1, 0.15) is 22.4 Å². The largest absolute Gasteiger partial charge is 0.463 e. The highest BCUT2D eigenvalue weighted by molar-refractivity contribution is 5.93. The minimum atomic E-state index is -1.42. The lowest BCUT2D eigenvalue weighted by Crippen LogP contribution is -2.33. The van der Waals surface area contributed by atoms with Gasteiger partial charge in [-0.05, 0) is 5.56 Å². The Morgan fingerprint density at radius 3 is 2.67 bits per heavy atom. The number of ether oxygens (including phenoxy) is 2. The standard InChI is InChI=1S/C19H21N5O6/c1-29-19(28)17-23-12-15(20-7-10-5-3-2-4-6-10)21-9-22-16(12)24(17)18-14(27)13(26)11(8-25)30-18/h2-6,9,11,13-14,18,25-27H,7-8H2,1H3,(H,20,21,22)/t11-,13-,14-,18-/m1/s1.